The van der Waals surface area contributed by atoms with Gasteiger partial charge in [0.1, 0.15) is 10.8 Å². The van der Waals surface area contributed by atoms with Crippen LogP contribution in [0.25, 0.3) is 22.0 Å². The highest BCUT2D eigenvalue weighted by Crippen LogP contribution is 2.31. The van der Waals surface area contributed by atoms with E-state index in [4.69, 9.17) is 9.72 Å². The molecule has 0 N–H and O–H groups in total. The van der Waals surface area contributed by atoms with Crippen molar-refractivity contribution in [2.45, 2.75) is 39.2 Å². The Morgan fingerprint density at radius 1 is 1.00 bits per heavy atom. The Hall–Kier alpha value is -2.11. The standard InChI is InChI=1S/C23H29N3OS/c1-18-7-12-22(26(18)16-6-15-25-13-4-3-5-14-25)21-17-28-23(24-21)19-8-10-20(27-2)11-9-19/h7-12,17H,3-6,13-16H2,1-2H3. The quantitative estimate of drug-likeness (QED) is 0.531. The van der Waals surface area contributed by atoms with E-state index in [0.717, 1.165) is 28.6 Å². The number of ether oxygens (including phenoxy) is 1. The van der Waals surface area contributed by atoms with E-state index in [1.807, 2.05) is 12.1 Å². The van der Waals surface area contributed by atoms with Crippen LogP contribution in [0.15, 0.2) is 41.8 Å². The molecule has 3 heterocycles. The summed E-state index contributed by atoms with van der Waals surface area (Å²) in [6.45, 7) is 7.00. The zero-order valence-electron chi connectivity index (χ0n) is 16.9. The van der Waals surface area contributed by atoms with Crippen LogP contribution in [0.4, 0.5) is 0 Å². The molecule has 1 fully saturated rings. The topological polar surface area (TPSA) is 30.3 Å². The normalized spacial score (nSPS) is 15.1. The maximum absolute atomic E-state index is 5.26. The fourth-order valence-electron chi connectivity index (χ4n) is 3.98. The Morgan fingerprint density at radius 3 is 2.54 bits per heavy atom. The van der Waals surface area contributed by atoms with Gasteiger partial charge in [0.15, 0.2) is 0 Å². The minimum Gasteiger partial charge on any atom is -0.497 e. The number of aryl methyl sites for hydroxylation is 1. The molecule has 4 rings (SSSR count). The lowest BCUT2D eigenvalue weighted by Crippen LogP contribution is -2.31. The van der Waals surface area contributed by atoms with E-state index in [9.17, 15) is 0 Å². The molecule has 1 aromatic carbocycles. The molecule has 1 aliphatic heterocycles. The van der Waals surface area contributed by atoms with Gasteiger partial charge >= 0.3 is 0 Å². The highest BCUT2D eigenvalue weighted by molar-refractivity contribution is 7.13. The summed E-state index contributed by atoms with van der Waals surface area (Å²) in [5, 5.41) is 3.23. The molecule has 3 aromatic rings. The Balaban J connectivity index is 1.46. The summed E-state index contributed by atoms with van der Waals surface area (Å²) in [6.07, 6.45) is 5.32. The van der Waals surface area contributed by atoms with Crippen molar-refractivity contribution in [1.29, 1.82) is 0 Å². The van der Waals surface area contributed by atoms with E-state index in [0.29, 0.717) is 0 Å². The number of methoxy groups -OCH3 is 1. The molecule has 1 aliphatic rings. The third-order valence-electron chi connectivity index (χ3n) is 5.61. The minimum atomic E-state index is 0.874. The first-order valence-corrected chi connectivity index (χ1v) is 11.1. The highest BCUT2D eigenvalue weighted by atomic mass is 32.1. The summed E-state index contributed by atoms with van der Waals surface area (Å²) in [5.41, 5.74) is 4.75. The molecule has 0 radical (unpaired) electrons. The van der Waals surface area contributed by atoms with Crippen molar-refractivity contribution in [2.24, 2.45) is 0 Å². The Kier molecular flexibility index (Phi) is 6.13. The maximum Gasteiger partial charge on any atom is 0.124 e. The first-order valence-electron chi connectivity index (χ1n) is 10.2. The molecule has 1 saturated heterocycles. The monoisotopic (exact) mass is 395 g/mol. The van der Waals surface area contributed by atoms with Gasteiger partial charge in [-0.2, -0.15) is 0 Å². The second-order valence-electron chi connectivity index (χ2n) is 7.53. The third kappa shape index (κ3) is 4.31. The van der Waals surface area contributed by atoms with Gasteiger partial charge in [0.25, 0.3) is 0 Å². The van der Waals surface area contributed by atoms with Gasteiger partial charge in [-0.3, -0.25) is 0 Å². The number of likely N-dealkylation sites (tertiary alicyclic amines) is 1. The van der Waals surface area contributed by atoms with E-state index >= 15 is 0 Å². The smallest absolute Gasteiger partial charge is 0.124 e. The van der Waals surface area contributed by atoms with Gasteiger partial charge in [-0.05, 0) is 82.2 Å². The van der Waals surface area contributed by atoms with Gasteiger partial charge in [-0.1, -0.05) is 6.42 Å². The summed E-state index contributed by atoms with van der Waals surface area (Å²) < 4.78 is 7.68. The van der Waals surface area contributed by atoms with Crippen LogP contribution in [0.5, 0.6) is 5.75 Å². The SMILES string of the molecule is COc1ccc(-c2nc(-c3ccc(C)n3CCCN3CCCCC3)cs2)cc1. The Labute approximate surface area is 171 Å². The van der Waals surface area contributed by atoms with E-state index < -0.39 is 0 Å². The van der Waals surface area contributed by atoms with Crippen LogP contribution in [0.3, 0.4) is 0 Å². The Bertz CT molecular complexity index is 891. The summed E-state index contributed by atoms with van der Waals surface area (Å²) in [7, 11) is 1.69. The number of rotatable bonds is 7. The molecule has 2 aromatic heterocycles. The fourth-order valence-corrected chi connectivity index (χ4v) is 4.80. The van der Waals surface area contributed by atoms with Crippen molar-refractivity contribution >= 4 is 11.3 Å². The van der Waals surface area contributed by atoms with Crippen LogP contribution < -0.4 is 4.74 Å². The summed E-state index contributed by atoms with van der Waals surface area (Å²) in [6, 6.07) is 12.5. The number of nitrogens with zero attached hydrogens (tertiary/aromatic N) is 3. The number of thiazole rings is 1. The zero-order valence-corrected chi connectivity index (χ0v) is 17.7. The van der Waals surface area contributed by atoms with Crippen LogP contribution >= 0.6 is 11.3 Å². The fraction of sp³-hybridized carbons (Fsp3) is 0.435. The van der Waals surface area contributed by atoms with Gasteiger partial charge in [0.05, 0.1) is 18.5 Å². The largest absolute Gasteiger partial charge is 0.497 e. The van der Waals surface area contributed by atoms with Crippen molar-refractivity contribution in [3.8, 4) is 27.7 Å². The molecule has 0 saturated carbocycles. The Morgan fingerprint density at radius 2 is 1.79 bits per heavy atom. The number of hydrogen-bond acceptors (Lipinski definition) is 4. The second-order valence-corrected chi connectivity index (χ2v) is 8.39. The van der Waals surface area contributed by atoms with Crippen LogP contribution in [-0.4, -0.2) is 41.2 Å². The van der Waals surface area contributed by atoms with Gasteiger partial charge in [-0.15, -0.1) is 11.3 Å². The molecule has 0 spiro atoms. The predicted molar refractivity (Wildman–Crippen MR) is 117 cm³/mol. The number of hydrogen-bond donors (Lipinski definition) is 0. The lowest BCUT2D eigenvalue weighted by atomic mass is 10.1. The molecule has 0 aliphatic carbocycles. The molecule has 28 heavy (non-hydrogen) atoms. The molecule has 0 unspecified atom stereocenters. The number of piperidine rings is 1. The van der Waals surface area contributed by atoms with Crippen LogP contribution in [-0.2, 0) is 6.54 Å². The second kappa shape index (κ2) is 8.93. The van der Waals surface area contributed by atoms with Gasteiger partial charge in [-0.25, -0.2) is 4.98 Å². The summed E-state index contributed by atoms with van der Waals surface area (Å²) in [4.78, 5) is 7.54. The molecule has 0 amide bonds. The van der Waals surface area contributed by atoms with E-state index in [1.165, 1.54) is 56.7 Å². The highest BCUT2D eigenvalue weighted by Gasteiger charge is 2.14. The maximum atomic E-state index is 5.26. The van der Waals surface area contributed by atoms with Crippen LogP contribution in [0.2, 0.25) is 0 Å². The van der Waals surface area contributed by atoms with E-state index in [1.54, 1.807) is 18.4 Å². The van der Waals surface area contributed by atoms with Gasteiger partial charge < -0.3 is 14.2 Å². The van der Waals surface area contributed by atoms with Crippen LogP contribution in [0, 0.1) is 6.92 Å². The molecule has 5 heteroatoms. The van der Waals surface area contributed by atoms with Crippen molar-refractivity contribution in [3.63, 3.8) is 0 Å². The number of benzene rings is 1. The molecule has 148 valence electrons. The summed E-state index contributed by atoms with van der Waals surface area (Å²) in [5.74, 6) is 0.874. The zero-order chi connectivity index (χ0) is 19.3. The molecule has 0 bridgehead atoms. The average molecular weight is 396 g/mol. The predicted octanol–water partition coefficient (Wildman–Crippen LogP) is 5.47. The van der Waals surface area contributed by atoms with Crippen molar-refractivity contribution in [3.05, 3.63) is 47.5 Å². The molecule has 4 nitrogen and oxygen atoms in total. The molecular formula is C23H29N3OS. The number of aromatic nitrogens is 2. The van der Waals surface area contributed by atoms with E-state index in [-0.39, 0.29) is 0 Å². The molecular weight excluding hydrogens is 366 g/mol. The van der Waals surface area contributed by atoms with Gasteiger partial charge in [0, 0.05) is 23.2 Å². The first-order chi connectivity index (χ1) is 13.7. The van der Waals surface area contributed by atoms with Crippen molar-refractivity contribution in [1.82, 2.24) is 14.5 Å². The average Bonchev–Trinajstić information content (AvgIpc) is 3.36. The van der Waals surface area contributed by atoms with Crippen LogP contribution in [0.1, 0.15) is 31.4 Å². The third-order valence-corrected chi connectivity index (χ3v) is 6.50. The van der Waals surface area contributed by atoms with Gasteiger partial charge in [0.2, 0.25) is 0 Å². The van der Waals surface area contributed by atoms with E-state index in [2.05, 4.69) is 46.0 Å². The lowest BCUT2D eigenvalue weighted by Gasteiger charge is -2.26. The first kappa shape index (κ1) is 19.2. The lowest BCUT2D eigenvalue weighted by molar-refractivity contribution is 0.223. The minimum absolute atomic E-state index is 0.874. The molecule has 0 atom stereocenters. The van der Waals surface area contributed by atoms with Crippen molar-refractivity contribution < 1.29 is 4.74 Å². The van der Waals surface area contributed by atoms with Crippen molar-refractivity contribution in [2.75, 3.05) is 26.7 Å². The summed E-state index contributed by atoms with van der Waals surface area (Å²) >= 11 is 1.70.